The molecule has 5 heteroatoms. The second-order valence-corrected chi connectivity index (χ2v) is 3.54. The van der Waals surface area contributed by atoms with E-state index in [0.717, 1.165) is 0 Å². The lowest BCUT2D eigenvalue weighted by atomic mass is 10.2. The number of hydrogen-bond donors (Lipinski definition) is 2. The van der Waals surface area contributed by atoms with E-state index in [1.54, 1.807) is 12.1 Å². The molecule has 88 valence electrons. The predicted molar refractivity (Wildman–Crippen MR) is 55.3 cm³/mol. The van der Waals surface area contributed by atoms with Crippen molar-refractivity contribution in [3.63, 3.8) is 0 Å². The smallest absolute Gasteiger partial charge is 0.184 e. The van der Waals surface area contributed by atoms with Gasteiger partial charge in [-0.05, 0) is 12.1 Å². The van der Waals surface area contributed by atoms with Crippen LogP contribution >= 0.6 is 0 Å². The lowest BCUT2D eigenvalue weighted by Gasteiger charge is -2.12. The maximum Gasteiger partial charge on any atom is 0.184 e. The number of phenolic OH excluding ortho intramolecular Hbond substituents is 1. The van der Waals surface area contributed by atoms with Crippen LogP contribution in [0.2, 0.25) is 0 Å². The Hall–Kier alpha value is -1.30. The van der Waals surface area contributed by atoms with Gasteiger partial charge in [0.05, 0.1) is 20.3 Å². The number of phenols is 1. The Labute approximate surface area is 93.2 Å². The first-order chi connectivity index (χ1) is 7.74. The van der Waals surface area contributed by atoms with Gasteiger partial charge in [-0.15, -0.1) is 0 Å². The molecule has 5 nitrogen and oxygen atoms in total. The van der Waals surface area contributed by atoms with Crippen LogP contribution in [-0.2, 0) is 9.47 Å². The Morgan fingerprint density at radius 1 is 1.50 bits per heavy atom. The summed E-state index contributed by atoms with van der Waals surface area (Å²) in [5.41, 5.74) is 0.703. The highest BCUT2D eigenvalue weighted by Crippen LogP contribution is 2.33. The third kappa shape index (κ3) is 2.11. The van der Waals surface area contributed by atoms with Gasteiger partial charge in [-0.1, -0.05) is 6.07 Å². The van der Waals surface area contributed by atoms with E-state index in [0.29, 0.717) is 17.9 Å². The van der Waals surface area contributed by atoms with Gasteiger partial charge in [0.2, 0.25) is 0 Å². The van der Waals surface area contributed by atoms with Gasteiger partial charge in [0.25, 0.3) is 0 Å². The van der Waals surface area contributed by atoms with E-state index in [2.05, 4.69) is 0 Å². The van der Waals surface area contributed by atoms with E-state index < -0.39 is 6.29 Å². The predicted octanol–water partition coefficient (Wildman–Crippen LogP) is 0.807. The minimum atomic E-state index is -0.533. The highest BCUT2D eigenvalue weighted by atomic mass is 16.7. The minimum absolute atomic E-state index is 0.0413. The molecule has 0 amide bonds. The molecule has 1 aromatic carbocycles. The summed E-state index contributed by atoms with van der Waals surface area (Å²) in [4.78, 5) is 0. The summed E-state index contributed by atoms with van der Waals surface area (Å²) in [5.74, 6) is 0.445. The van der Waals surface area contributed by atoms with Crippen LogP contribution in [0.4, 0.5) is 0 Å². The lowest BCUT2D eigenvalue weighted by molar-refractivity contribution is -0.0676. The summed E-state index contributed by atoms with van der Waals surface area (Å²) in [5, 5.41) is 18.5. The molecular weight excluding hydrogens is 212 g/mol. The first kappa shape index (κ1) is 11.2. The number of hydrogen-bond acceptors (Lipinski definition) is 5. The molecule has 1 heterocycles. The molecule has 1 aliphatic rings. The number of aromatic hydroxyl groups is 1. The van der Waals surface area contributed by atoms with E-state index >= 15 is 0 Å². The molecule has 0 bridgehead atoms. The van der Waals surface area contributed by atoms with E-state index in [4.69, 9.17) is 19.3 Å². The Balaban J connectivity index is 2.13. The van der Waals surface area contributed by atoms with E-state index in [9.17, 15) is 5.11 Å². The highest BCUT2D eigenvalue weighted by molar-refractivity contribution is 5.42. The number of ether oxygens (including phenoxy) is 3. The second-order valence-electron chi connectivity index (χ2n) is 3.54. The third-order valence-electron chi connectivity index (χ3n) is 2.43. The van der Waals surface area contributed by atoms with Crippen molar-refractivity contribution in [2.75, 3.05) is 20.3 Å². The summed E-state index contributed by atoms with van der Waals surface area (Å²) >= 11 is 0. The molecule has 1 fully saturated rings. The first-order valence-corrected chi connectivity index (χ1v) is 4.99. The molecule has 0 radical (unpaired) electrons. The molecule has 2 unspecified atom stereocenters. The zero-order chi connectivity index (χ0) is 11.5. The average molecular weight is 226 g/mol. The van der Waals surface area contributed by atoms with Gasteiger partial charge >= 0.3 is 0 Å². The number of aliphatic hydroxyl groups is 1. The van der Waals surface area contributed by atoms with Crippen LogP contribution in [0.15, 0.2) is 18.2 Å². The van der Waals surface area contributed by atoms with Gasteiger partial charge in [-0.3, -0.25) is 0 Å². The van der Waals surface area contributed by atoms with E-state index in [-0.39, 0.29) is 18.5 Å². The van der Waals surface area contributed by atoms with Gasteiger partial charge < -0.3 is 24.4 Å². The number of aliphatic hydroxyl groups excluding tert-OH is 1. The van der Waals surface area contributed by atoms with Crippen molar-refractivity contribution >= 4 is 0 Å². The van der Waals surface area contributed by atoms with Crippen molar-refractivity contribution in [3.8, 4) is 11.5 Å². The largest absolute Gasteiger partial charge is 0.504 e. The molecule has 2 N–H and O–H groups in total. The molecule has 1 aliphatic heterocycles. The van der Waals surface area contributed by atoms with Crippen molar-refractivity contribution in [1.29, 1.82) is 0 Å². The summed E-state index contributed by atoms with van der Waals surface area (Å²) in [6.45, 7) is 0.284. The molecule has 0 saturated carbocycles. The van der Waals surface area contributed by atoms with Crippen molar-refractivity contribution < 1.29 is 24.4 Å². The molecule has 0 spiro atoms. The van der Waals surface area contributed by atoms with Crippen LogP contribution in [-0.4, -0.2) is 36.6 Å². The minimum Gasteiger partial charge on any atom is -0.504 e. The molecule has 16 heavy (non-hydrogen) atoms. The van der Waals surface area contributed by atoms with Gasteiger partial charge in [-0.25, -0.2) is 0 Å². The van der Waals surface area contributed by atoms with Gasteiger partial charge in [0.1, 0.15) is 6.10 Å². The maximum atomic E-state index is 9.59. The third-order valence-corrected chi connectivity index (χ3v) is 2.43. The fraction of sp³-hybridized carbons (Fsp3) is 0.455. The Morgan fingerprint density at radius 3 is 2.88 bits per heavy atom. The standard InChI is InChI=1S/C11H14O5/c1-14-10-3-2-7(4-9(10)13)11-15-6-8(5-12)16-11/h2-4,8,11-13H,5-6H2,1H3. The molecule has 0 aliphatic carbocycles. The molecule has 1 aromatic rings. The average Bonchev–Trinajstić information content (AvgIpc) is 2.77. The van der Waals surface area contributed by atoms with Crippen LogP contribution in [0.1, 0.15) is 11.9 Å². The summed E-state index contributed by atoms with van der Waals surface area (Å²) < 4.78 is 15.7. The molecule has 2 atom stereocenters. The molecular formula is C11H14O5. The summed E-state index contributed by atoms with van der Waals surface area (Å²) in [6, 6.07) is 4.93. The summed E-state index contributed by atoms with van der Waals surface area (Å²) in [6.07, 6.45) is -0.830. The van der Waals surface area contributed by atoms with Gasteiger partial charge in [0, 0.05) is 5.56 Å². The molecule has 2 rings (SSSR count). The Morgan fingerprint density at radius 2 is 2.31 bits per heavy atom. The number of rotatable bonds is 3. The molecule has 1 saturated heterocycles. The van der Waals surface area contributed by atoms with Crippen LogP contribution < -0.4 is 4.74 Å². The second kappa shape index (κ2) is 4.69. The summed E-state index contributed by atoms with van der Waals surface area (Å²) in [7, 11) is 1.49. The van der Waals surface area contributed by atoms with E-state index in [1.807, 2.05) is 0 Å². The lowest BCUT2D eigenvalue weighted by Crippen LogP contribution is -2.14. The monoisotopic (exact) mass is 226 g/mol. The van der Waals surface area contributed by atoms with Gasteiger partial charge in [-0.2, -0.15) is 0 Å². The van der Waals surface area contributed by atoms with Crippen molar-refractivity contribution in [2.45, 2.75) is 12.4 Å². The maximum absolute atomic E-state index is 9.59. The van der Waals surface area contributed by atoms with Crippen LogP contribution in [0.3, 0.4) is 0 Å². The van der Waals surface area contributed by atoms with Crippen molar-refractivity contribution in [1.82, 2.24) is 0 Å². The fourth-order valence-electron chi connectivity index (χ4n) is 1.57. The first-order valence-electron chi connectivity index (χ1n) is 4.99. The fourth-order valence-corrected chi connectivity index (χ4v) is 1.57. The van der Waals surface area contributed by atoms with Crippen LogP contribution in [0.5, 0.6) is 11.5 Å². The van der Waals surface area contributed by atoms with Crippen molar-refractivity contribution in [2.24, 2.45) is 0 Å². The van der Waals surface area contributed by atoms with Crippen LogP contribution in [0.25, 0.3) is 0 Å². The zero-order valence-electron chi connectivity index (χ0n) is 8.92. The number of methoxy groups -OCH3 is 1. The van der Waals surface area contributed by atoms with Gasteiger partial charge in [0.15, 0.2) is 17.8 Å². The Kier molecular flexibility index (Phi) is 3.28. The van der Waals surface area contributed by atoms with E-state index in [1.165, 1.54) is 13.2 Å². The highest BCUT2D eigenvalue weighted by Gasteiger charge is 2.27. The van der Waals surface area contributed by atoms with Crippen molar-refractivity contribution in [3.05, 3.63) is 23.8 Å². The quantitative estimate of drug-likeness (QED) is 0.798. The topological polar surface area (TPSA) is 68.2 Å². The zero-order valence-corrected chi connectivity index (χ0v) is 8.92. The van der Waals surface area contributed by atoms with Crippen LogP contribution in [0, 0.1) is 0 Å². The normalized spacial score (nSPS) is 24.6. The Bertz CT molecular complexity index is 365. The SMILES string of the molecule is COc1ccc(C2OCC(CO)O2)cc1O. The molecule has 0 aromatic heterocycles. The number of benzene rings is 1.